The number of halogens is 4. The molecule has 2 aromatic rings. The lowest BCUT2D eigenvalue weighted by Crippen LogP contribution is -2.14. The van der Waals surface area contributed by atoms with Gasteiger partial charge in [-0.25, -0.2) is 4.39 Å². The number of carbonyl (C=O) groups is 1. The second-order valence-electron chi connectivity index (χ2n) is 4.18. The van der Waals surface area contributed by atoms with Crippen LogP contribution < -0.4 is 5.32 Å². The lowest BCUT2D eigenvalue weighted by atomic mass is 10.1. The van der Waals surface area contributed by atoms with Crippen LogP contribution in [-0.4, -0.2) is 5.91 Å². The van der Waals surface area contributed by atoms with E-state index in [1.807, 2.05) is 0 Å². The summed E-state index contributed by atoms with van der Waals surface area (Å²) in [6, 6.07) is 7.20. The molecule has 0 radical (unpaired) electrons. The first-order valence-electron chi connectivity index (χ1n) is 5.60. The van der Waals surface area contributed by atoms with Crippen LogP contribution in [0.3, 0.4) is 0 Å². The molecule has 0 bridgehead atoms. The van der Waals surface area contributed by atoms with Gasteiger partial charge in [0.05, 0.1) is 21.3 Å². The van der Waals surface area contributed by atoms with Crippen molar-refractivity contribution in [3.8, 4) is 0 Å². The molecule has 0 saturated heterocycles. The van der Waals surface area contributed by atoms with E-state index in [4.69, 9.17) is 34.8 Å². The van der Waals surface area contributed by atoms with Crippen molar-refractivity contribution < 1.29 is 9.18 Å². The molecule has 0 aliphatic carbocycles. The molecular formula is C14H9Cl3FNO. The number of hydrogen-bond acceptors (Lipinski definition) is 1. The zero-order valence-corrected chi connectivity index (χ0v) is 12.6. The Morgan fingerprint density at radius 3 is 2.25 bits per heavy atom. The van der Waals surface area contributed by atoms with Crippen LogP contribution in [0, 0.1) is 12.7 Å². The zero-order valence-electron chi connectivity index (χ0n) is 10.3. The van der Waals surface area contributed by atoms with Crippen LogP contribution in [0.4, 0.5) is 10.1 Å². The van der Waals surface area contributed by atoms with Crippen molar-refractivity contribution in [3.63, 3.8) is 0 Å². The average Bonchev–Trinajstić information content (AvgIpc) is 2.33. The van der Waals surface area contributed by atoms with Crippen molar-refractivity contribution in [1.29, 1.82) is 0 Å². The Hall–Kier alpha value is -1.29. The molecule has 0 heterocycles. The van der Waals surface area contributed by atoms with E-state index in [9.17, 15) is 9.18 Å². The fourth-order valence-electron chi connectivity index (χ4n) is 1.65. The number of benzene rings is 2. The molecule has 2 aromatic carbocycles. The quantitative estimate of drug-likeness (QED) is 0.789. The molecule has 0 aliphatic rings. The predicted octanol–water partition coefficient (Wildman–Crippen LogP) is 5.35. The molecule has 0 aliphatic heterocycles. The number of aryl methyl sites for hydroxylation is 1. The van der Waals surface area contributed by atoms with Gasteiger partial charge >= 0.3 is 0 Å². The second-order valence-corrected chi connectivity index (χ2v) is 5.43. The Labute approximate surface area is 130 Å². The SMILES string of the molecule is Cc1ccc(C(=O)Nc2c(Cl)cc(Cl)cc2Cl)c(F)c1. The van der Waals surface area contributed by atoms with Gasteiger partial charge in [0, 0.05) is 5.02 Å². The lowest BCUT2D eigenvalue weighted by Gasteiger charge is -2.10. The number of amides is 1. The summed E-state index contributed by atoms with van der Waals surface area (Å²) in [6.45, 7) is 1.73. The van der Waals surface area contributed by atoms with Gasteiger partial charge in [-0.05, 0) is 36.8 Å². The van der Waals surface area contributed by atoms with Crippen LogP contribution >= 0.6 is 34.8 Å². The smallest absolute Gasteiger partial charge is 0.258 e. The van der Waals surface area contributed by atoms with Crippen LogP contribution in [0.5, 0.6) is 0 Å². The molecule has 2 nitrogen and oxygen atoms in total. The summed E-state index contributed by atoms with van der Waals surface area (Å²) < 4.78 is 13.7. The number of rotatable bonds is 2. The first-order chi connectivity index (χ1) is 9.38. The van der Waals surface area contributed by atoms with Crippen molar-refractivity contribution >= 4 is 46.4 Å². The Kier molecular flexibility index (Phi) is 4.53. The van der Waals surface area contributed by atoms with Crippen molar-refractivity contribution in [1.82, 2.24) is 0 Å². The van der Waals surface area contributed by atoms with Crippen LogP contribution in [0.2, 0.25) is 15.1 Å². The Morgan fingerprint density at radius 2 is 1.70 bits per heavy atom. The summed E-state index contributed by atoms with van der Waals surface area (Å²) >= 11 is 17.7. The van der Waals surface area contributed by atoms with Gasteiger partial charge in [-0.2, -0.15) is 0 Å². The predicted molar refractivity (Wildman–Crippen MR) is 80.6 cm³/mol. The highest BCUT2D eigenvalue weighted by Gasteiger charge is 2.15. The van der Waals surface area contributed by atoms with E-state index in [0.29, 0.717) is 5.02 Å². The lowest BCUT2D eigenvalue weighted by molar-refractivity contribution is 0.102. The van der Waals surface area contributed by atoms with Crippen LogP contribution in [0.15, 0.2) is 30.3 Å². The van der Waals surface area contributed by atoms with Gasteiger partial charge in [0.15, 0.2) is 0 Å². The molecule has 2 rings (SSSR count). The molecule has 6 heteroatoms. The maximum absolute atomic E-state index is 13.7. The van der Waals surface area contributed by atoms with Gasteiger partial charge in [-0.15, -0.1) is 0 Å². The summed E-state index contributed by atoms with van der Waals surface area (Å²) in [5, 5.41) is 3.19. The number of nitrogens with one attached hydrogen (secondary N) is 1. The fourth-order valence-corrected chi connectivity index (χ4v) is 2.56. The number of anilines is 1. The van der Waals surface area contributed by atoms with Gasteiger partial charge in [0.2, 0.25) is 0 Å². The van der Waals surface area contributed by atoms with Crippen molar-refractivity contribution in [2.75, 3.05) is 5.32 Å². The van der Waals surface area contributed by atoms with E-state index >= 15 is 0 Å². The van der Waals surface area contributed by atoms with Gasteiger partial charge < -0.3 is 5.32 Å². The summed E-state index contributed by atoms with van der Waals surface area (Å²) in [7, 11) is 0. The minimum absolute atomic E-state index is 0.0855. The highest BCUT2D eigenvalue weighted by atomic mass is 35.5. The number of carbonyl (C=O) groups excluding carboxylic acids is 1. The molecule has 0 unspecified atom stereocenters. The van der Waals surface area contributed by atoms with Crippen LogP contribution in [-0.2, 0) is 0 Å². The molecule has 0 fully saturated rings. The summed E-state index contributed by atoms with van der Waals surface area (Å²) in [6.07, 6.45) is 0. The Morgan fingerprint density at radius 1 is 1.10 bits per heavy atom. The largest absolute Gasteiger partial charge is 0.319 e. The summed E-state index contributed by atoms with van der Waals surface area (Å²) in [5.74, 6) is -1.24. The van der Waals surface area contributed by atoms with Crippen molar-refractivity contribution in [2.45, 2.75) is 6.92 Å². The van der Waals surface area contributed by atoms with E-state index in [0.717, 1.165) is 5.56 Å². The normalized spacial score (nSPS) is 10.4. The van der Waals surface area contributed by atoms with Gasteiger partial charge in [-0.1, -0.05) is 40.9 Å². The van der Waals surface area contributed by atoms with Crippen LogP contribution in [0.1, 0.15) is 15.9 Å². The third-order valence-corrected chi connectivity index (χ3v) is 3.43. The minimum Gasteiger partial charge on any atom is -0.319 e. The molecular weight excluding hydrogens is 324 g/mol. The topological polar surface area (TPSA) is 29.1 Å². The Balaban J connectivity index is 2.33. The summed E-state index contributed by atoms with van der Waals surface area (Å²) in [5.41, 5.74) is 0.835. The van der Waals surface area contributed by atoms with Gasteiger partial charge in [0.25, 0.3) is 5.91 Å². The second kappa shape index (κ2) is 6.00. The van der Waals surface area contributed by atoms with Gasteiger partial charge in [-0.3, -0.25) is 4.79 Å². The highest BCUT2D eigenvalue weighted by molar-refractivity contribution is 6.42. The molecule has 20 heavy (non-hydrogen) atoms. The van der Waals surface area contributed by atoms with E-state index in [-0.39, 0.29) is 21.3 Å². The van der Waals surface area contributed by atoms with E-state index in [2.05, 4.69) is 5.32 Å². The average molecular weight is 333 g/mol. The fraction of sp³-hybridized carbons (Fsp3) is 0.0714. The molecule has 0 spiro atoms. The molecule has 0 saturated carbocycles. The molecule has 0 aromatic heterocycles. The van der Waals surface area contributed by atoms with Crippen LogP contribution in [0.25, 0.3) is 0 Å². The standard InChI is InChI=1S/C14H9Cl3FNO/c1-7-2-3-9(12(18)4-7)14(20)19-13-10(16)5-8(15)6-11(13)17/h2-6H,1H3,(H,19,20). The number of hydrogen-bond donors (Lipinski definition) is 1. The maximum atomic E-state index is 13.7. The van der Waals surface area contributed by atoms with Gasteiger partial charge in [0.1, 0.15) is 5.82 Å². The first-order valence-corrected chi connectivity index (χ1v) is 6.74. The van der Waals surface area contributed by atoms with Crippen molar-refractivity contribution in [2.24, 2.45) is 0 Å². The minimum atomic E-state index is -0.631. The summed E-state index contributed by atoms with van der Waals surface area (Å²) in [4.78, 5) is 12.0. The third-order valence-electron chi connectivity index (χ3n) is 2.61. The maximum Gasteiger partial charge on any atom is 0.258 e. The molecule has 1 amide bonds. The molecule has 1 N–H and O–H groups in total. The van der Waals surface area contributed by atoms with E-state index in [1.54, 1.807) is 13.0 Å². The van der Waals surface area contributed by atoms with Crippen molar-refractivity contribution in [3.05, 3.63) is 62.3 Å². The monoisotopic (exact) mass is 331 g/mol. The zero-order chi connectivity index (χ0) is 14.9. The Bertz CT molecular complexity index is 665. The third kappa shape index (κ3) is 3.23. The van der Waals surface area contributed by atoms with E-state index < -0.39 is 11.7 Å². The molecule has 104 valence electrons. The van der Waals surface area contributed by atoms with E-state index in [1.165, 1.54) is 24.3 Å². The molecule has 0 atom stereocenters. The highest BCUT2D eigenvalue weighted by Crippen LogP contribution is 2.34. The first kappa shape index (κ1) is 15.1.